The number of rotatable bonds is 4. The van der Waals surface area contributed by atoms with E-state index in [0.29, 0.717) is 6.61 Å². The number of ether oxygens (including phenoxy) is 2. The maximum absolute atomic E-state index is 5.91. The summed E-state index contributed by atoms with van der Waals surface area (Å²) in [6.07, 6.45) is 0.0643. The third-order valence-electron chi connectivity index (χ3n) is 3.15. The van der Waals surface area contributed by atoms with Gasteiger partial charge in [-0.05, 0) is 41.1 Å². The van der Waals surface area contributed by atoms with Crippen molar-refractivity contribution in [1.29, 1.82) is 0 Å². The summed E-state index contributed by atoms with van der Waals surface area (Å²) in [5.74, 6) is 1.67. The van der Waals surface area contributed by atoms with E-state index in [1.807, 2.05) is 35.6 Å². The van der Waals surface area contributed by atoms with Gasteiger partial charge in [-0.3, -0.25) is 0 Å². The fourth-order valence-corrected chi connectivity index (χ4v) is 3.70. The fraction of sp³-hybridized carbons (Fsp3) is 0.333. The molecule has 1 atom stereocenters. The summed E-state index contributed by atoms with van der Waals surface area (Å²) in [7, 11) is 0. The van der Waals surface area contributed by atoms with Crippen LogP contribution < -0.4 is 14.8 Å². The van der Waals surface area contributed by atoms with Gasteiger partial charge in [-0.2, -0.15) is 0 Å². The topological polar surface area (TPSA) is 30.5 Å². The van der Waals surface area contributed by atoms with Crippen LogP contribution in [0.3, 0.4) is 0 Å². The third-order valence-corrected chi connectivity index (χ3v) is 5.28. The van der Waals surface area contributed by atoms with E-state index >= 15 is 0 Å². The summed E-state index contributed by atoms with van der Waals surface area (Å²) in [6.45, 7) is 4.35. The number of nitrogens with one attached hydrogen (secondary N) is 1. The zero-order valence-electron chi connectivity index (χ0n) is 11.2. The molecule has 0 spiro atoms. The van der Waals surface area contributed by atoms with Crippen molar-refractivity contribution in [1.82, 2.24) is 5.32 Å². The molecule has 1 unspecified atom stereocenters. The molecule has 0 amide bonds. The summed E-state index contributed by atoms with van der Waals surface area (Å²) >= 11 is 5.35. The van der Waals surface area contributed by atoms with E-state index in [1.165, 1.54) is 14.2 Å². The van der Waals surface area contributed by atoms with Gasteiger partial charge >= 0.3 is 0 Å². The highest BCUT2D eigenvalue weighted by atomic mass is 79.9. The number of fused-ring (bicyclic) bond motifs is 1. The molecule has 1 N–H and O–H groups in total. The van der Waals surface area contributed by atoms with Gasteiger partial charge in [-0.1, -0.05) is 12.1 Å². The molecule has 2 heterocycles. The molecule has 1 aromatic carbocycles. The maximum atomic E-state index is 5.91. The van der Waals surface area contributed by atoms with Crippen molar-refractivity contribution in [2.45, 2.75) is 19.6 Å². The predicted molar refractivity (Wildman–Crippen MR) is 84.8 cm³/mol. The molecule has 1 aliphatic rings. The lowest BCUT2D eigenvalue weighted by atomic mass is 10.2. The normalized spacial score (nSPS) is 17.2. The minimum absolute atomic E-state index is 0.0643. The highest BCUT2D eigenvalue weighted by molar-refractivity contribution is 9.10. The maximum Gasteiger partial charge on any atom is 0.161 e. The van der Waals surface area contributed by atoms with Gasteiger partial charge in [-0.15, -0.1) is 11.3 Å². The standard InChI is InChI=1S/C15H16BrNO2S/c1-10-13(16)6-12(20-10)8-17-7-11-9-18-14-4-2-3-5-15(14)19-11/h2-6,11,17H,7-9H2,1H3. The van der Waals surface area contributed by atoms with Gasteiger partial charge in [-0.25, -0.2) is 0 Å². The van der Waals surface area contributed by atoms with Crippen LogP contribution in [-0.2, 0) is 6.54 Å². The molecule has 1 aliphatic heterocycles. The molecular weight excluding hydrogens is 338 g/mol. The molecule has 0 saturated carbocycles. The Bertz CT molecular complexity index is 580. The number of hydrogen-bond donors (Lipinski definition) is 1. The van der Waals surface area contributed by atoms with Crippen LogP contribution in [0.1, 0.15) is 9.75 Å². The van der Waals surface area contributed by atoms with Crippen LogP contribution in [0, 0.1) is 6.92 Å². The predicted octanol–water partition coefficient (Wildman–Crippen LogP) is 3.75. The first kappa shape index (κ1) is 13.9. The average molecular weight is 354 g/mol. The van der Waals surface area contributed by atoms with Crippen molar-refractivity contribution >= 4 is 27.3 Å². The Kier molecular flexibility index (Phi) is 4.29. The van der Waals surface area contributed by atoms with E-state index < -0.39 is 0 Å². The molecule has 106 valence electrons. The highest BCUT2D eigenvalue weighted by Gasteiger charge is 2.20. The summed E-state index contributed by atoms with van der Waals surface area (Å²) in [4.78, 5) is 2.64. The molecule has 5 heteroatoms. The van der Waals surface area contributed by atoms with Crippen LogP contribution in [0.25, 0.3) is 0 Å². The first-order valence-corrected chi connectivity index (χ1v) is 8.17. The van der Waals surface area contributed by atoms with Crippen molar-refractivity contribution in [2.75, 3.05) is 13.2 Å². The summed E-state index contributed by atoms with van der Waals surface area (Å²) in [5, 5.41) is 3.43. The largest absolute Gasteiger partial charge is 0.486 e. The lowest BCUT2D eigenvalue weighted by Crippen LogP contribution is -2.38. The minimum Gasteiger partial charge on any atom is -0.486 e. The Hall–Kier alpha value is -1.04. The molecule has 2 aromatic rings. The van der Waals surface area contributed by atoms with Crippen molar-refractivity contribution in [3.63, 3.8) is 0 Å². The van der Waals surface area contributed by atoms with E-state index in [4.69, 9.17) is 9.47 Å². The lowest BCUT2D eigenvalue weighted by molar-refractivity contribution is 0.0903. The summed E-state index contributed by atoms with van der Waals surface area (Å²) in [6, 6.07) is 9.97. The van der Waals surface area contributed by atoms with Crippen LogP contribution in [0.5, 0.6) is 11.5 Å². The number of hydrogen-bond acceptors (Lipinski definition) is 4. The van der Waals surface area contributed by atoms with Crippen LogP contribution >= 0.6 is 27.3 Å². The van der Waals surface area contributed by atoms with Crippen molar-refractivity contribution < 1.29 is 9.47 Å². The Labute approximate surface area is 131 Å². The Morgan fingerprint density at radius 3 is 2.90 bits per heavy atom. The van der Waals surface area contributed by atoms with Gasteiger partial charge < -0.3 is 14.8 Å². The first-order chi connectivity index (χ1) is 9.72. The van der Waals surface area contributed by atoms with Gasteiger partial charge in [0.05, 0.1) is 0 Å². The number of benzene rings is 1. The van der Waals surface area contributed by atoms with Crippen LogP contribution in [0.15, 0.2) is 34.8 Å². The second-order valence-corrected chi connectivity index (χ2v) is 6.94. The third kappa shape index (κ3) is 3.16. The molecular formula is C15H16BrNO2S. The fourth-order valence-electron chi connectivity index (χ4n) is 2.12. The Morgan fingerprint density at radius 2 is 2.15 bits per heavy atom. The zero-order chi connectivity index (χ0) is 13.9. The minimum atomic E-state index is 0.0643. The number of halogens is 1. The van der Waals surface area contributed by atoms with E-state index in [9.17, 15) is 0 Å². The monoisotopic (exact) mass is 353 g/mol. The quantitative estimate of drug-likeness (QED) is 0.907. The SMILES string of the molecule is Cc1sc(CNCC2COc3ccccc3O2)cc1Br. The van der Waals surface area contributed by atoms with Crippen LogP contribution in [-0.4, -0.2) is 19.3 Å². The highest BCUT2D eigenvalue weighted by Crippen LogP contribution is 2.30. The van der Waals surface area contributed by atoms with E-state index in [2.05, 4.69) is 34.2 Å². The second-order valence-electron chi connectivity index (χ2n) is 4.75. The lowest BCUT2D eigenvalue weighted by Gasteiger charge is -2.26. The molecule has 0 radical (unpaired) electrons. The van der Waals surface area contributed by atoms with E-state index in [-0.39, 0.29) is 6.10 Å². The molecule has 3 nitrogen and oxygen atoms in total. The van der Waals surface area contributed by atoms with Crippen molar-refractivity contribution in [3.05, 3.63) is 44.6 Å². The van der Waals surface area contributed by atoms with Crippen LogP contribution in [0.4, 0.5) is 0 Å². The number of aryl methyl sites for hydroxylation is 1. The Balaban J connectivity index is 1.50. The molecule has 0 saturated heterocycles. The van der Waals surface area contributed by atoms with Gasteiger partial charge in [0.25, 0.3) is 0 Å². The smallest absolute Gasteiger partial charge is 0.161 e. The molecule has 1 aromatic heterocycles. The molecule has 3 rings (SSSR count). The second kappa shape index (κ2) is 6.16. The Morgan fingerprint density at radius 1 is 1.35 bits per heavy atom. The number of para-hydroxylation sites is 2. The molecule has 0 aliphatic carbocycles. The van der Waals surface area contributed by atoms with Crippen molar-refractivity contribution in [3.8, 4) is 11.5 Å². The van der Waals surface area contributed by atoms with Gasteiger partial charge in [0.1, 0.15) is 12.7 Å². The average Bonchev–Trinajstić information content (AvgIpc) is 2.77. The number of thiophene rings is 1. The van der Waals surface area contributed by atoms with Gasteiger partial charge in [0, 0.05) is 27.3 Å². The molecule has 0 fully saturated rings. The van der Waals surface area contributed by atoms with E-state index in [0.717, 1.165) is 24.6 Å². The van der Waals surface area contributed by atoms with Crippen LogP contribution in [0.2, 0.25) is 0 Å². The van der Waals surface area contributed by atoms with Crippen molar-refractivity contribution in [2.24, 2.45) is 0 Å². The first-order valence-electron chi connectivity index (χ1n) is 6.56. The molecule has 20 heavy (non-hydrogen) atoms. The molecule has 0 bridgehead atoms. The van der Waals surface area contributed by atoms with Gasteiger partial charge in [0.2, 0.25) is 0 Å². The van der Waals surface area contributed by atoms with Gasteiger partial charge in [0.15, 0.2) is 11.5 Å². The summed E-state index contributed by atoms with van der Waals surface area (Å²) < 4.78 is 12.8. The van der Waals surface area contributed by atoms with E-state index in [1.54, 1.807) is 0 Å². The zero-order valence-corrected chi connectivity index (χ0v) is 13.6. The summed E-state index contributed by atoms with van der Waals surface area (Å²) in [5.41, 5.74) is 0.